The molecule has 2 amide bonds. The van der Waals surface area contributed by atoms with Crippen molar-refractivity contribution in [2.75, 3.05) is 18.5 Å². The summed E-state index contributed by atoms with van der Waals surface area (Å²) in [6.45, 7) is 4.80. The van der Waals surface area contributed by atoms with E-state index in [1.807, 2.05) is 0 Å². The van der Waals surface area contributed by atoms with Crippen LogP contribution in [-0.4, -0.2) is 46.1 Å². The molecule has 112 valence electrons. The molecule has 0 unspecified atom stereocenters. The van der Waals surface area contributed by atoms with E-state index in [0.717, 1.165) is 0 Å². The Morgan fingerprint density at radius 2 is 2.10 bits per heavy atom. The van der Waals surface area contributed by atoms with Gasteiger partial charge in [-0.3, -0.25) is 10.1 Å². The number of aromatic nitrogens is 2. The van der Waals surface area contributed by atoms with Crippen molar-refractivity contribution in [1.82, 2.24) is 10.2 Å². The number of carbonyl (C=O) groups is 2. The summed E-state index contributed by atoms with van der Waals surface area (Å²) in [6.07, 6.45) is -0.778. The number of nitrogens with two attached hydrogens (primary N) is 1. The second-order valence-corrected chi connectivity index (χ2v) is 4.84. The van der Waals surface area contributed by atoms with Gasteiger partial charge in [-0.2, -0.15) is 5.10 Å². The molecular weight excluding hydrogens is 268 g/mol. The van der Waals surface area contributed by atoms with E-state index >= 15 is 0 Å². The first-order chi connectivity index (χ1) is 9.24. The quantitative estimate of drug-likeness (QED) is 0.610. The van der Waals surface area contributed by atoms with E-state index in [1.165, 1.54) is 0 Å². The number of rotatable bonds is 5. The summed E-state index contributed by atoms with van der Waals surface area (Å²) in [6, 6.07) is 0. The molecule has 0 radical (unpaired) electrons. The Labute approximate surface area is 115 Å². The summed E-state index contributed by atoms with van der Waals surface area (Å²) in [5, 5.41) is 17.1. The normalized spacial score (nSPS) is 11.0. The first-order valence-corrected chi connectivity index (χ1v) is 5.86. The molecule has 1 heterocycles. The topological polar surface area (TPSA) is 140 Å². The van der Waals surface area contributed by atoms with Crippen molar-refractivity contribution in [3.63, 3.8) is 0 Å². The maximum Gasteiger partial charge on any atom is 0.413 e. The lowest BCUT2D eigenvalue weighted by atomic mass is 10.2. The number of H-pyrrole nitrogens is 1. The third kappa shape index (κ3) is 4.43. The van der Waals surface area contributed by atoms with Gasteiger partial charge in [-0.25, -0.2) is 9.89 Å². The Balaban J connectivity index is 2.87. The number of ether oxygens (including phenoxy) is 2. The van der Waals surface area contributed by atoms with Crippen LogP contribution in [0.3, 0.4) is 0 Å². The largest absolute Gasteiger partial charge is 0.475 e. The van der Waals surface area contributed by atoms with E-state index in [0.29, 0.717) is 0 Å². The van der Waals surface area contributed by atoms with Crippen molar-refractivity contribution < 1.29 is 24.2 Å². The van der Waals surface area contributed by atoms with Crippen LogP contribution in [0.2, 0.25) is 0 Å². The van der Waals surface area contributed by atoms with E-state index in [-0.39, 0.29) is 30.5 Å². The fourth-order valence-corrected chi connectivity index (χ4v) is 1.30. The first kappa shape index (κ1) is 15.8. The zero-order valence-corrected chi connectivity index (χ0v) is 11.5. The molecule has 9 nitrogen and oxygen atoms in total. The Morgan fingerprint density at radius 1 is 1.45 bits per heavy atom. The number of anilines is 1. The van der Waals surface area contributed by atoms with Gasteiger partial charge in [0.05, 0.1) is 6.61 Å². The van der Waals surface area contributed by atoms with Gasteiger partial charge in [0.15, 0.2) is 5.82 Å². The summed E-state index contributed by atoms with van der Waals surface area (Å²) in [4.78, 5) is 23.0. The molecule has 0 spiro atoms. The highest BCUT2D eigenvalue weighted by molar-refractivity contribution is 6.02. The average Bonchev–Trinajstić information content (AvgIpc) is 2.66. The average molecular weight is 286 g/mol. The van der Waals surface area contributed by atoms with Gasteiger partial charge in [0.25, 0.3) is 5.91 Å². The second kappa shape index (κ2) is 6.24. The molecule has 1 rings (SSSR count). The summed E-state index contributed by atoms with van der Waals surface area (Å²) in [5.74, 6) is -0.963. The van der Waals surface area contributed by atoms with E-state index in [1.54, 1.807) is 20.8 Å². The molecule has 1 aromatic rings. The van der Waals surface area contributed by atoms with Crippen LogP contribution < -0.4 is 15.8 Å². The van der Waals surface area contributed by atoms with Crippen molar-refractivity contribution in [2.45, 2.75) is 26.4 Å². The number of hydrogen-bond acceptors (Lipinski definition) is 6. The van der Waals surface area contributed by atoms with Gasteiger partial charge in [-0.15, -0.1) is 0 Å². The number of aromatic amines is 1. The zero-order valence-electron chi connectivity index (χ0n) is 11.5. The summed E-state index contributed by atoms with van der Waals surface area (Å²) in [7, 11) is 0. The van der Waals surface area contributed by atoms with E-state index < -0.39 is 17.6 Å². The van der Waals surface area contributed by atoms with Gasteiger partial charge in [-0.05, 0) is 20.8 Å². The maximum atomic E-state index is 11.6. The molecule has 0 aliphatic heterocycles. The van der Waals surface area contributed by atoms with Crippen molar-refractivity contribution >= 4 is 17.8 Å². The molecule has 0 atom stereocenters. The van der Waals surface area contributed by atoms with E-state index in [2.05, 4.69) is 15.5 Å². The van der Waals surface area contributed by atoms with Crippen LogP contribution in [0.1, 0.15) is 31.1 Å². The number of hydrogen-bond donors (Lipinski definition) is 4. The predicted octanol–water partition coefficient (Wildman–Crippen LogP) is 0.227. The highest BCUT2D eigenvalue weighted by atomic mass is 16.6. The highest BCUT2D eigenvalue weighted by Crippen LogP contribution is 2.23. The van der Waals surface area contributed by atoms with Crippen LogP contribution in [0.5, 0.6) is 5.88 Å². The summed E-state index contributed by atoms with van der Waals surface area (Å²) in [5.41, 5.74) is 4.39. The maximum absolute atomic E-state index is 11.6. The fraction of sp³-hybridized carbons (Fsp3) is 0.545. The van der Waals surface area contributed by atoms with Crippen LogP contribution in [0.15, 0.2) is 0 Å². The van der Waals surface area contributed by atoms with Crippen LogP contribution in [0, 0.1) is 0 Å². The number of nitrogens with zero attached hydrogens (tertiary/aromatic N) is 1. The van der Waals surface area contributed by atoms with Crippen LogP contribution in [0.25, 0.3) is 0 Å². The van der Waals surface area contributed by atoms with Gasteiger partial charge in [-0.1, -0.05) is 0 Å². The standard InChI is InChI=1S/C11H18N4O5/c1-11(2,3)20-10(18)13-8-6(7(12)17)9(15-14-8)19-5-4-16/h16H,4-5H2,1-3H3,(H2,12,17)(H2,13,14,15,18). The minimum atomic E-state index is -0.835. The number of amides is 2. The van der Waals surface area contributed by atoms with Gasteiger partial charge < -0.3 is 20.3 Å². The number of primary amides is 1. The lowest BCUT2D eigenvalue weighted by Gasteiger charge is -2.19. The molecular formula is C11H18N4O5. The fourth-order valence-electron chi connectivity index (χ4n) is 1.30. The van der Waals surface area contributed by atoms with Crippen LogP contribution >= 0.6 is 0 Å². The minimum absolute atomic E-state index is 0.0300. The highest BCUT2D eigenvalue weighted by Gasteiger charge is 2.23. The van der Waals surface area contributed by atoms with Crippen LogP contribution in [0.4, 0.5) is 10.6 Å². The van der Waals surface area contributed by atoms with Crippen molar-refractivity contribution in [2.24, 2.45) is 5.73 Å². The van der Waals surface area contributed by atoms with E-state index in [9.17, 15) is 9.59 Å². The molecule has 0 aromatic carbocycles. The van der Waals surface area contributed by atoms with Gasteiger partial charge in [0.2, 0.25) is 5.88 Å². The third-order valence-electron chi connectivity index (χ3n) is 1.94. The van der Waals surface area contributed by atoms with Crippen molar-refractivity contribution in [3.05, 3.63) is 5.56 Å². The van der Waals surface area contributed by atoms with Crippen molar-refractivity contribution in [1.29, 1.82) is 0 Å². The Kier molecular flexibility index (Phi) is 4.92. The number of nitrogens with one attached hydrogen (secondary N) is 2. The van der Waals surface area contributed by atoms with Crippen molar-refractivity contribution in [3.8, 4) is 5.88 Å². The molecule has 0 saturated heterocycles. The summed E-state index contributed by atoms with van der Waals surface area (Å²) >= 11 is 0. The number of carbonyl (C=O) groups excluding carboxylic acids is 2. The van der Waals surface area contributed by atoms with Gasteiger partial charge in [0, 0.05) is 0 Å². The molecule has 9 heteroatoms. The second-order valence-electron chi connectivity index (χ2n) is 4.84. The molecule has 0 aliphatic carbocycles. The van der Waals surface area contributed by atoms with Gasteiger partial charge in [0.1, 0.15) is 17.8 Å². The smallest absolute Gasteiger partial charge is 0.413 e. The number of aliphatic hydroxyl groups excluding tert-OH is 1. The Morgan fingerprint density at radius 3 is 2.60 bits per heavy atom. The first-order valence-electron chi connectivity index (χ1n) is 5.86. The molecule has 5 N–H and O–H groups in total. The summed E-state index contributed by atoms with van der Waals surface area (Å²) < 4.78 is 10.1. The number of aliphatic hydroxyl groups is 1. The predicted molar refractivity (Wildman–Crippen MR) is 69.5 cm³/mol. The lowest BCUT2D eigenvalue weighted by Crippen LogP contribution is -2.28. The zero-order chi connectivity index (χ0) is 15.3. The Hall–Kier alpha value is -2.29. The molecule has 20 heavy (non-hydrogen) atoms. The molecule has 0 bridgehead atoms. The molecule has 0 fully saturated rings. The lowest BCUT2D eigenvalue weighted by molar-refractivity contribution is 0.0635. The monoisotopic (exact) mass is 286 g/mol. The Bertz CT molecular complexity index is 491. The molecule has 0 aliphatic rings. The molecule has 0 saturated carbocycles. The van der Waals surface area contributed by atoms with E-state index in [4.69, 9.17) is 20.3 Å². The van der Waals surface area contributed by atoms with Gasteiger partial charge >= 0.3 is 6.09 Å². The minimum Gasteiger partial charge on any atom is -0.475 e. The molecule has 1 aromatic heterocycles. The third-order valence-corrected chi connectivity index (χ3v) is 1.94. The SMILES string of the molecule is CC(C)(C)OC(=O)Nc1n[nH]c(OCCO)c1C(N)=O. The van der Waals surface area contributed by atoms with Crippen LogP contribution in [-0.2, 0) is 4.74 Å².